The van der Waals surface area contributed by atoms with Crippen molar-refractivity contribution in [3.05, 3.63) is 39.8 Å². The molecule has 1 aliphatic rings. The molecule has 0 unspecified atom stereocenters. The SMILES string of the molecule is Cc1ncsc1CCOc1ccc2c(c1)NC(=O)CC2. The van der Waals surface area contributed by atoms with E-state index in [-0.39, 0.29) is 5.91 Å². The normalized spacial score (nSPS) is 13.8. The molecule has 1 amide bonds. The molecule has 0 atom stereocenters. The lowest BCUT2D eigenvalue weighted by atomic mass is 10.0. The van der Waals surface area contributed by atoms with E-state index in [0.717, 1.165) is 30.0 Å². The van der Waals surface area contributed by atoms with Crippen molar-refractivity contribution in [3.63, 3.8) is 0 Å². The molecule has 0 aliphatic carbocycles. The number of rotatable bonds is 4. The summed E-state index contributed by atoms with van der Waals surface area (Å²) < 4.78 is 5.76. The number of fused-ring (bicyclic) bond motifs is 1. The predicted octanol–water partition coefficient (Wildman–Crippen LogP) is 2.96. The van der Waals surface area contributed by atoms with Gasteiger partial charge in [-0.3, -0.25) is 4.79 Å². The standard InChI is InChI=1S/C15H16N2O2S/c1-10-14(20-9-16-10)6-7-19-12-4-2-11-3-5-15(18)17-13(11)8-12/h2,4,8-9H,3,5-7H2,1H3,(H,17,18). The van der Waals surface area contributed by atoms with E-state index in [1.807, 2.05) is 30.6 Å². The Balaban J connectivity index is 1.62. The fraction of sp³-hybridized carbons (Fsp3) is 0.333. The first-order chi connectivity index (χ1) is 9.72. The summed E-state index contributed by atoms with van der Waals surface area (Å²) in [5, 5.41) is 2.89. The van der Waals surface area contributed by atoms with Crippen LogP contribution in [0.3, 0.4) is 0 Å². The van der Waals surface area contributed by atoms with Crippen molar-refractivity contribution >= 4 is 22.9 Å². The molecule has 1 N–H and O–H groups in total. The van der Waals surface area contributed by atoms with Gasteiger partial charge in [0.25, 0.3) is 0 Å². The molecule has 0 saturated carbocycles. The van der Waals surface area contributed by atoms with E-state index in [9.17, 15) is 4.79 Å². The zero-order valence-corrected chi connectivity index (χ0v) is 12.1. The molecule has 0 spiro atoms. The van der Waals surface area contributed by atoms with Crippen LogP contribution in [0.1, 0.15) is 22.6 Å². The minimum absolute atomic E-state index is 0.0786. The summed E-state index contributed by atoms with van der Waals surface area (Å²) in [4.78, 5) is 16.9. The zero-order valence-electron chi connectivity index (χ0n) is 11.3. The van der Waals surface area contributed by atoms with Crippen molar-refractivity contribution in [3.8, 4) is 5.75 Å². The molecular weight excluding hydrogens is 272 g/mol. The van der Waals surface area contributed by atoms with Gasteiger partial charge < -0.3 is 10.1 Å². The fourth-order valence-electron chi connectivity index (χ4n) is 2.27. The number of benzene rings is 1. The molecular formula is C15H16N2O2S. The Morgan fingerprint density at radius 2 is 2.30 bits per heavy atom. The third-order valence-electron chi connectivity index (χ3n) is 3.42. The van der Waals surface area contributed by atoms with Gasteiger partial charge in [-0.1, -0.05) is 6.07 Å². The summed E-state index contributed by atoms with van der Waals surface area (Å²) >= 11 is 1.66. The number of aromatic nitrogens is 1. The van der Waals surface area contributed by atoms with Crippen LogP contribution in [0, 0.1) is 6.92 Å². The number of carbonyl (C=O) groups is 1. The second kappa shape index (κ2) is 5.63. The molecule has 0 radical (unpaired) electrons. The first kappa shape index (κ1) is 13.1. The smallest absolute Gasteiger partial charge is 0.224 e. The highest BCUT2D eigenvalue weighted by Gasteiger charge is 2.15. The summed E-state index contributed by atoms with van der Waals surface area (Å²) in [6.45, 7) is 2.63. The van der Waals surface area contributed by atoms with Crippen LogP contribution in [0.4, 0.5) is 5.69 Å². The van der Waals surface area contributed by atoms with E-state index >= 15 is 0 Å². The van der Waals surface area contributed by atoms with Gasteiger partial charge in [-0.15, -0.1) is 11.3 Å². The van der Waals surface area contributed by atoms with Gasteiger partial charge in [0, 0.05) is 29.5 Å². The summed E-state index contributed by atoms with van der Waals surface area (Å²) in [5.41, 5.74) is 5.00. The predicted molar refractivity (Wildman–Crippen MR) is 79.4 cm³/mol. The maximum atomic E-state index is 11.4. The van der Waals surface area contributed by atoms with E-state index in [1.54, 1.807) is 11.3 Å². The molecule has 0 fully saturated rings. The van der Waals surface area contributed by atoms with Crippen LogP contribution in [0.15, 0.2) is 23.7 Å². The number of nitrogens with one attached hydrogen (secondary N) is 1. The molecule has 104 valence electrons. The van der Waals surface area contributed by atoms with Gasteiger partial charge in [-0.25, -0.2) is 4.98 Å². The number of anilines is 1. The number of aryl methyl sites for hydroxylation is 2. The van der Waals surface area contributed by atoms with Crippen molar-refractivity contribution in [2.45, 2.75) is 26.2 Å². The molecule has 20 heavy (non-hydrogen) atoms. The highest BCUT2D eigenvalue weighted by Crippen LogP contribution is 2.27. The molecule has 1 aromatic heterocycles. The van der Waals surface area contributed by atoms with Crippen molar-refractivity contribution in [2.24, 2.45) is 0 Å². The average molecular weight is 288 g/mol. The monoisotopic (exact) mass is 288 g/mol. The first-order valence-corrected chi connectivity index (χ1v) is 7.55. The van der Waals surface area contributed by atoms with Gasteiger partial charge in [0.15, 0.2) is 0 Å². The number of carbonyl (C=O) groups excluding carboxylic acids is 1. The summed E-state index contributed by atoms with van der Waals surface area (Å²) in [6, 6.07) is 5.91. The fourth-order valence-corrected chi connectivity index (χ4v) is 3.03. The number of nitrogens with zero attached hydrogens (tertiary/aromatic N) is 1. The van der Waals surface area contributed by atoms with E-state index in [4.69, 9.17) is 4.74 Å². The molecule has 4 nitrogen and oxygen atoms in total. The van der Waals surface area contributed by atoms with Crippen LogP contribution >= 0.6 is 11.3 Å². The third-order valence-corrected chi connectivity index (χ3v) is 4.41. The number of hydrogen-bond acceptors (Lipinski definition) is 4. The average Bonchev–Trinajstić information content (AvgIpc) is 2.84. The van der Waals surface area contributed by atoms with E-state index < -0.39 is 0 Å². The molecule has 0 bridgehead atoms. The van der Waals surface area contributed by atoms with Gasteiger partial charge in [0.05, 0.1) is 17.8 Å². The Bertz CT molecular complexity index is 637. The zero-order chi connectivity index (χ0) is 13.9. The van der Waals surface area contributed by atoms with Gasteiger partial charge in [-0.2, -0.15) is 0 Å². The van der Waals surface area contributed by atoms with Crippen LogP contribution < -0.4 is 10.1 Å². The van der Waals surface area contributed by atoms with Crippen LogP contribution in [-0.2, 0) is 17.6 Å². The first-order valence-electron chi connectivity index (χ1n) is 6.67. The summed E-state index contributed by atoms with van der Waals surface area (Å²) in [6.07, 6.45) is 2.24. The second-order valence-corrected chi connectivity index (χ2v) is 5.77. The lowest BCUT2D eigenvalue weighted by Gasteiger charge is -2.17. The maximum Gasteiger partial charge on any atom is 0.224 e. The van der Waals surface area contributed by atoms with Crippen LogP contribution in [0.25, 0.3) is 0 Å². The molecule has 2 heterocycles. The number of ether oxygens (including phenoxy) is 1. The van der Waals surface area contributed by atoms with E-state index in [2.05, 4.69) is 10.3 Å². The molecule has 1 aromatic carbocycles. The van der Waals surface area contributed by atoms with E-state index in [1.165, 1.54) is 10.4 Å². The van der Waals surface area contributed by atoms with Crippen LogP contribution in [0.5, 0.6) is 5.75 Å². The number of hydrogen-bond donors (Lipinski definition) is 1. The Hall–Kier alpha value is -1.88. The van der Waals surface area contributed by atoms with Gasteiger partial charge in [0.2, 0.25) is 5.91 Å². The molecule has 2 aromatic rings. The largest absolute Gasteiger partial charge is 0.493 e. The number of thiazole rings is 1. The second-order valence-electron chi connectivity index (χ2n) is 4.83. The Labute approximate surface area is 121 Å². The lowest BCUT2D eigenvalue weighted by molar-refractivity contribution is -0.116. The van der Waals surface area contributed by atoms with E-state index in [0.29, 0.717) is 13.0 Å². The minimum Gasteiger partial charge on any atom is -0.493 e. The Morgan fingerprint density at radius 1 is 1.40 bits per heavy atom. The van der Waals surface area contributed by atoms with Crippen LogP contribution in [-0.4, -0.2) is 17.5 Å². The maximum absolute atomic E-state index is 11.4. The quantitative estimate of drug-likeness (QED) is 0.941. The number of amides is 1. The van der Waals surface area contributed by atoms with Gasteiger partial charge in [-0.05, 0) is 25.0 Å². The van der Waals surface area contributed by atoms with Crippen molar-refractivity contribution in [1.29, 1.82) is 0 Å². The van der Waals surface area contributed by atoms with Crippen molar-refractivity contribution < 1.29 is 9.53 Å². The molecule has 5 heteroatoms. The van der Waals surface area contributed by atoms with Crippen molar-refractivity contribution in [1.82, 2.24) is 4.98 Å². The Kier molecular flexibility index (Phi) is 3.69. The topological polar surface area (TPSA) is 51.2 Å². The lowest BCUT2D eigenvalue weighted by Crippen LogP contribution is -2.18. The van der Waals surface area contributed by atoms with Crippen LogP contribution in [0.2, 0.25) is 0 Å². The molecule has 0 saturated heterocycles. The summed E-state index contributed by atoms with van der Waals surface area (Å²) in [5.74, 6) is 0.878. The van der Waals surface area contributed by atoms with Gasteiger partial charge in [0.1, 0.15) is 5.75 Å². The van der Waals surface area contributed by atoms with Gasteiger partial charge >= 0.3 is 0 Å². The molecule has 3 rings (SSSR count). The Morgan fingerprint density at radius 3 is 3.10 bits per heavy atom. The minimum atomic E-state index is 0.0786. The molecule has 1 aliphatic heterocycles. The third kappa shape index (κ3) is 2.82. The summed E-state index contributed by atoms with van der Waals surface area (Å²) in [7, 11) is 0. The van der Waals surface area contributed by atoms with Crippen molar-refractivity contribution in [2.75, 3.05) is 11.9 Å². The highest BCUT2D eigenvalue weighted by molar-refractivity contribution is 7.09. The highest BCUT2D eigenvalue weighted by atomic mass is 32.1.